The number of aromatic nitrogens is 5. The van der Waals surface area contributed by atoms with Gasteiger partial charge in [0.1, 0.15) is 6.33 Å². The quantitative estimate of drug-likeness (QED) is 0.567. The molecule has 0 saturated heterocycles. The third-order valence-corrected chi connectivity index (χ3v) is 4.18. The van der Waals surface area contributed by atoms with E-state index in [1.54, 1.807) is 34.6 Å². The van der Waals surface area contributed by atoms with Crippen LogP contribution in [-0.4, -0.2) is 24.5 Å². The summed E-state index contributed by atoms with van der Waals surface area (Å²) in [6, 6.07) is 8.11. The summed E-state index contributed by atoms with van der Waals surface area (Å²) in [5.74, 6) is 1.02. The molecule has 0 spiro atoms. The molecule has 0 unspecified atom stereocenters. The predicted molar refractivity (Wildman–Crippen MR) is 82.8 cm³/mol. The van der Waals surface area contributed by atoms with Gasteiger partial charge in [0.15, 0.2) is 5.82 Å². The number of nitrogens with zero attached hydrogens (tertiary/aromatic N) is 5. The largest absolute Gasteiger partial charge is 0.274 e. The lowest BCUT2D eigenvalue weighted by Gasteiger charge is -2.05. The topological polar surface area (TPSA) is 56.5 Å². The average molecular weight is 314 g/mol. The van der Waals surface area contributed by atoms with E-state index in [2.05, 4.69) is 32.1 Å². The molecule has 0 N–H and O–H groups in total. The van der Waals surface area contributed by atoms with Crippen LogP contribution < -0.4 is 0 Å². The Kier molecular flexibility index (Phi) is 2.90. The van der Waals surface area contributed by atoms with E-state index in [4.69, 9.17) is 11.6 Å². The summed E-state index contributed by atoms with van der Waals surface area (Å²) in [5.41, 5.74) is 0.952. The van der Waals surface area contributed by atoms with Crippen LogP contribution in [-0.2, 0) is 0 Å². The summed E-state index contributed by atoms with van der Waals surface area (Å²) in [6.45, 7) is 0. The van der Waals surface area contributed by atoms with Crippen LogP contribution in [0.1, 0.15) is 0 Å². The van der Waals surface area contributed by atoms with Crippen LogP contribution in [0.3, 0.4) is 0 Å². The van der Waals surface area contributed by atoms with E-state index in [1.165, 1.54) is 5.39 Å². The molecule has 7 heteroatoms. The molecule has 0 aliphatic heterocycles. The van der Waals surface area contributed by atoms with Gasteiger partial charge in [0.05, 0.1) is 0 Å². The van der Waals surface area contributed by atoms with Gasteiger partial charge in [-0.2, -0.15) is 15.0 Å². The summed E-state index contributed by atoms with van der Waals surface area (Å²) < 4.78 is 2.84. The number of benzene rings is 1. The van der Waals surface area contributed by atoms with Gasteiger partial charge in [-0.15, -0.1) is 11.3 Å². The molecular formula is C14H8ClN5S. The molecule has 4 aromatic rings. The Bertz CT molecular complexity index is 916. The zero-order valence-corrected chi connectivity index (χ0v) is 12.2. The molecule has 0 aliphatic rings. The molecule has 3 aromatic heterocycles. The van der Waals surface area contributed by atoms with E-state index in [-0.39, 0.29) is 5.28 Å². The minimum Gasteiger partial charge on any atom is -0.274 e. The maximum atomic E-state index is 6.05. The van der Waals surface area contributed by atoms with E-state index in [0.29, 0.717) is 11.8 Å². The lowest BCUT2D eigenvalue weighted by Crippen LogP contribution is -2.03. The van der Waals surface area contributed by atoms with E-state index >= 15 is 0 Å². The Hall–Kier alpha value is -2.31. The molecule has 0 fully saturated rings. The van der Waals surface area contributed by atoms with Gasteiger partial charge in [-0.1, -0.05) is 12.1 Å². The standard InChI is InChI=1S/C14H8ClN5S/c15-13-17-12(18-14(19-13)20-6-5-16-8-20)10-3-1-2-9-4-7-21-11(9)10/h1-8H. The van der Waals surface area contributed by atoms with E-state index in [1.807, 2.05) is 17.5 Å². The first kappa shape index (κ1) is 12.4. The number of hydrogen-bond acceptors (Lipinski definition) is 5. The Labute approximate surface area is 128 Å². The van der Waals surface area contributed by atoms with Crippen molar-refractivity contribution in [3.8, 4) is 17.3 Å². The lowest BCUT2D eigenvalue weighted by molar-refractivity contribution is 0.900. The van der Waals surface area contributed by atoms with Crippen LogP contribution in [0.25, 0.3) is 27.4 Å². The van der Waals surface area contributed by atoms with Crippen molar-refractivity contribution in [2.24, 2.45) is 0 Å². The van der Waals surface area contributed by atoms with E-state index in [0.717, 1.165) is 10.3 Å². The number of imidazole rings is 1. The average Bonchev–Trinajstić information content (AvgIpc) is 3.17. The van der Waals surface area contributed by atoms with Crippen LogP contribution in [0, 0.1) is 0 Å². The monoisotopic (exact) mass is 313 g/mol. The predicted octanol–water partition coefficient (Wildman–Crippen LogP) is 3.59. The second-order valence-corrected chi connectivity index (χ2v) is 5.60. The van der Waals surface area contributed by atoms with Crippen LogP contribution in [0.15, 0.2) is 48.4 Å². The maximum Gasteiger partial charge on any atom is 0.239 e. The van der Waals surface area contributed by atoms with Crippen molar-refractivity contribution < 1.29 is 0 Å². The van der Waals surface area contributed by atoms with Crippen molar-refractivity contribution in [3.05, 3.63) is 53.7 Å². The first-order chi connectivity index (χ1) is 10.3. The third-order valence-electron chi connectivity index (χ3n) is 3.05. The Balaban J connectivity index is 1.95. The van der Waals surface area contributed by atoms with Crippen LogP contribution in [0.4, 0.5) is 0 Å². The molecule has 0 saturated carbocycles. The van der Waals surface area contributed by atoms with Crippen molar-refractivity contribution in [2.75, 3.05) is 0 Å². The molecule has 21 heavy (non-hydrogen) atoms. The molecular weight excluding hydrogens is 306 g/mol. The normalized spacial score (nSPS) is 11.1. The van der Waals surface area contributed by atoms with Crippen LogP contribution in [0.2, 0.25) is 5.28 Å². The molecule has 3 heterocycles. The summed E-state index contributed by atoms with van der Waals surface area (Å²) >= 11 is 7.70. The van der Waals surface area contributed by atoms with Gasteiger partial charge in [0, 0.05) is 22.7 Å². The van der Waals surface area contributed by atoms with Gasteiger partial charge in [0.2, 0.25) is 11.2 Å². The number of rotatable bonds is 2. The molecule has 0 atom stereocenters. The van der Waals surface area contributed by atoms with Gasteiger partial charge in [-0.3, -0.25) is 4.57 Å². The van der Waals surface area contributed by atoms with Gasteiger partial charge in [-0.05, 0) is 34.5 Å². The maximum absolute atomic E-state index is 6.05. The van der Waals surface area contributed by atoms with Crippen LogP contribution in [0.5, 0.6) is 0 Å². The fourth-order valence-electron chi connectivity index (χ4n) is 2.12. The molecule has 5 nitrogen and oxygen atoms in total. The summed E-state index contributed by atoms with van der Waals surface area (Å²) in [4.78, 5) is 16.9. The Morgan fingerprint density at radius 1 is 1.10 bits per heavy atom. The minimum absolute atomic E-state index is 0.164. The number of thiophene rings is 1. The Morgan fingerprint density at radius 2 is 2.05 bits per heavy atom. The molecule has 4 rings (SSSR count). The van der Waals surface area contributed by atoms with Gasteiger partial charge in [-0.25, -0.2) is 4.98 Å². The van der Waals surface area contributed by atoms with Crippen molar-refractivity contribution in [1.82, 2.24) is 24.5 Å². The van der Waals surface area contributed by atoms with Gasteiger partial charge < -0.3 is 0 Å². The van der Waals surface area contributed by atoms with E-state index in [9.17, 15) is 0 Å². The number of halogens is 1. The first-order valence-corrected chi connectivity index (χ1v) is 7.43. The first-order valence-electron chi connectivity index (χ1n) is 6.18. The zero-order chi connectivity index (χ0) is 14.2. The Morgan fingerprint density at radius 3 is 2.90 bits per heavy atom. The molecule has 0 radical (unpaired) electrons. The highest BCUT2D eigenvalue weighted by Crippen LogP contribution is 2.31. The number of hydrogen-bond donors (Lipinski definition) is 0. The summed E-state index contributed by atoms with van der Waals surface area (Å²) in [5, 5.41) is 3.38. The second-order valence-electron chi connectivity index (χ2n) is 4.34. The summed E-state index contributed by atoms with van der Waals surface area (Å²) in [6.07, 6.45) is 5.06. The smallest absolute Gasteiger partial charge is 0.239 e. The van der Waals surface area contributed by atoms with Crippen molar-refractivity contribution in [3.63, 3.8) is 0 Å². The zero-order valence-electron chi connectivity index (χ0n) is 10.6. The van der Waals surface area contributed by atoms with Gasteiger partial charge >= 0.3 is 0 Å². The lowest BCUT2D eigenvalue weighted by atomic mass is 10.1. The highest BCUT2D eigenvalue weighted by Gasteiger charge is 2.12. The fraction of sp³-hybridized carbons (Fsp3) is 0. The molecule has 0 amide bonds. The minimum atomic E-state index is 0.164. The molecule has 102 valence electrons. The molecule has 0 aliphatic carbocycles. The fourth-order valence-corrected chi connectivity index (χ4v) is 3.19. The SMILES string of the molecule is Clc1nc(-c2cccc3ccsc23)nc(-n2ccnc2)n1. The van der Waals surface area contributed by atoms with Crippen molar-refractivity contribution in [1.29, 1.82) is 0 Å². The summed E-state index contributed by atoms with van der Waals surface area (Å²) in [7, 11) is 0. The second kappa shape index (κ2) is 4.91. The highest BCUT2D eigenvalue weighted by molar-refractivity contribution is 7.17. The highest BCUT2D eigenvalue weighted by atomic mass is 35.5. The van der Waals surface area contributed by atoms with Crippen molar-refractivity contribution >= 4 is 33.0 Å². The van der Waals surface area contributed by atoms with E-state index < -0.39 is 0 Å². The molecule has 1 aromatic carbocycles. The van der Waals surface area contributed by atoms with Crippen LogP contribution >= 0.6 is 22.9 Å². The molecule has 0 bridgehead atoms. The number of fused-ring (bicyclic) bond motifs is 1. The van der Waals surface area contributed by atoms with Crippen molar-refractivity contribution in [2.45, 2.75) is 0 Å². The van der Waals surface area contributed by atoms with Gasteiger partial charge in [0.25, 0.3) is 0 Å². The third kappa shape index (κ3) is 2.18.